The maximum Gasteiger partial charge on any atom is 0.167 e. The maximum absolute atomic E-state index is 13.2. The summed E-state index contributed by atoms with van der Waals surface area (Å²) in [4.78, 5) is 0. The number of hydrogen-bond acceptors (Lipinski definition) is 2. The van der Waals surface area contributed by atoms with Crippen LogP contribution in [0.1, 0.15) is 5.56 Å². The predicted octanol–water partition coefficient (Wildman–Crippen LogP) is 2.52. The Kier molecular flexibility index (Phi) is 2.90. The summed E-state index contributed by atoms with van der Waals surface area (Å²) in [5.74, 6) is -0.147. The second-order valence-corrected chi connectivity index (χ2v) is 2.53. The van der Waals surface area contributed by atoms with Gasteiger partial charge in [-0.05, 0) is 6.07 Å². The Bertz CT molecular complexity index is 323. The van der Waals surface area contributed by atoms with E-state index in [1.54, 1.807) is 19.2 Å². The Morgan fingerprint density at radius 1 is 1.54 bits per heavy atom. The lowest BCUT2D eigenvalue weighted by Gasteiger charge is -2.08. The second kappa shape index (κ2) is 3.94. The Morgan fingerprint density at radius 2 is 2.23 bits per heavy atom. The normalized spacial score (nSPS) is 9.46. The third kappa shape index (κ3) is 1.80. The van der Waals surface area contributed by atoms with Gasteiger partial charge in [-0.3, -0.25) is 0 Å². The zero-order chi connectivity index (χ0) is 9.84. The van der Waals surface area contributed by atoms with E-state index in [1.807, 2.05) is 0 Å². The highest BCUT2D eigenvalue weighted by atomic mass is 19.1. The topological polar surface area (TPSA) is 21.3 Å². The lowest BCUT2D eigenvalue weighted by atomic mass is 10.1. The van der Waals surface area contributed by atoms with E-state index in [-0.39, 0.29) is 11.6 Å². The van der Waals surface area contributed by atoms with E-state index in [0.717, 1.165) is 5.56 Å². The number of rotatable bonds is 3. The summed E-state index contributed by atoms with van der Waals surface area (Å²) in [6.07, 6.45) is 1.65. The summed E-state index contributed by atoms with van der Waals surface area (Å²) in [5.41, 5.74) is 1.52. The molecule has 1 aromatic carbocycles. The molecule has 1 rings (SSSR count). The summed E-state index contributed by atoms with van der Waals surface area (Å²) < 4.78 is 18.0. The molecule has 2 nitrogen and oxygen atoms in total. The van der Waals surface area contributed by atoms with Crippen LogP contribution in [0, 0.1) is 5.82 Å². The van der Waals surface area contributed by atoms with Gasteiger partial charge in [0.2, 0.25) is 0 Å². The molecular formula is C10H12FNO. The molecule has 3 heteroatoms. The summed E-state index contributed by atoms with van der Waals surface area (Å²) in [6, 6.07) is 2.99. The molecule has 0 bridgehead atoms. The number of hydrogen-bond donors (Lipinski definition) is 1. The van der Waals surface area contributed by atoms with E-state index < -0.39 is 0 Å². The largest absolute Gasteiger partial charge is 0.494 e. The van der Waals surface area contributed by atoms with Crippen molar-refractivity contribution in [1.82, 2.24) is 0 Å². The molecule has 1 aromatic rings. The highest BCUT2D eigenvalue weighted by Crippen LogP contribution is 2.26. The summed E-state index contributed by atoms with van der Waals surface area (Å²) in [6.45, 7) is 3.63. The fourth-order valence-electron chi connectivity index (χ4n) is 1.11. The van der Waals surface area contributed by atoms with Crippen LogP contribution in [0.5, 0.6) is 5.75 Å². The highest BCUT2D eigenvalue weighted by molar-refractivity contribution is 5.67. The van der Waals surface area contributed by atoms with Crippen LogP contribution in [0.15, 0.2) is 18.7 Å². The van der Waals surface area contributed by atoms with Crippen LogP contribution in [0.25, 0.3) is 6.08 Å². The minimum atomic E-state index is -0.377. The number of halogens is 1. The van der Waals surface area contributed by atoms with Gasteiger partial charge >= 0.3 is 0 Å². The first-order chi connectivity index (χ1) is 6.22. The van der Waals surface area contributed by atoms with Crippen molar-refractivity contribution in [1.29, 1.82) is 0 Å². The van der Waals surface area contributed by atoms with Crippen LogP contribution >= 0.6 is 0 Å². The number of ether oxygens (including phenoxy) is 1. The van der Waals surface area contributed by atoms with Crippen LogP contribution in [-0.2, 0) is 0 Å². The molecule has 0 amide bonds. The molecule has 0 spiro atoms. The van der Waals surface area contributed by atoms with E-state index in [1.165, 1.54) is 13.2 Å². The second-order valence-electron chi connectivity index (χ2n) is 2.53. The van der Waals surface area contributed by atoms with Gasteiger partial charge in [0.1, 0.15) is 0 Å². The monoisotopic (exact) mass is 181 g/mol. The Hall–Kier alpha value is -1.51. The van der Waals surface area contributed by atoms with E-state index in [0.29, 0.717) is 5.69 Å². The molecular weight excluding hydrogens is 169 g/mol. The maximum atomic E-state index is 13.2. The predicted molar refractivity (Wildman–Crippen MR) is 52.6 cm³/mol. The highest BCUT2D eigenvalue weighted by Gasteiger charge is 2.06. The van der Waals surface area contributed by atoms with E-state index in [9.17, 15) is 4.39 Å². The van der Waals surface area contributed by atoms with Crippen molar-refractivity contribution in [2.75, 3.05) is 19.5 Å². The van der Waals surface area contributed by atoms with Crippen LogP contribution in [0.3, 0.4) is 0 Å². The van der Waals surface area contributed by atoms with Gasteiger partial charge in [0.25, 0.3) is 0 Å². The van der Waals surface area contributed by atoms with E-state index in [4.69, 9.17) is 4.74 Å². The SMILES string of the molecule is C=Cc1cc(OC)c(F)cc1NC. The lowest BCUT2D eigenvalue weighted by Crippen LogP contribution is -1.95. The standard InChI is InChI=1S/C10H12FNO/c1-4-7-5-10(13-3)8(11)6-9(7)12-2/h4-6,12H,1H2,2-3H3. The smallest absolute Gasteiger partial charge is 0.167 e. The van der Waals surface area contributed by atoms with Gasteiger partial charge in [-0.1, -0.05) is 12.7 Å². The van der Waals surface area contributed by atoms with Gasteiger partial charge in [-0.25, -0.2) is 4.39 Å². The Balaban J connectivity index is 3.26. The molecule has 0 fully saturated rings. The van der Waals surface area contributed by atoms with Crippen molar-refractivity contribution in [2.45, 2.75) is 0 Å². The van der Waals surface area contributed by atoms with Gasteiger partial charge < -0.3 is 10.1 Å². The molecule has 0 aliphatic heterocycles. The average molecular weight is 181 g/mol. The van der Waals surface area contributed by atoms with E-state index in [2.05, 4.69) is 11.9 Å². The Morgan fingerprint density at radius 3 is 2.69 bits per heavy atom. The van der Waals surface area contributed by atoms with Crippen molar-refractivity contribution in [3.63, 3.8) is 0 Å². The first-order valence-corrected chi connectivity index (χ1v) is 3.90. The molecule has 0 aliphatic rings. The molecule has 0 heterocycles. The molecule has 0 saturated heterocycles. The molecule has 0 unspecified atom stereocenters. The quantitative estimate of drug-likeness (QED) is 0.773. The first-order valence-electron chi connectivity index (χ1n) is 3.90. The summed E-state index contributed by atoms with van der Waals surface area (Å²) >= 11 is 0. The zero-order valence-electron chi connectivity index (χ0n) is 7.73. The molecule has 13 heavy (non-hydrogen) atoms. The minimum absolute atomic E-state index is 0.230. The summed E-state index contributed by atoms with van der Waals surface area (Å²) in [7, 11) is 3.17. The van der Waals surface area contributed by atoms with Crippen LogP contribution in [0.4, 0.5) is 10.1 Å². The number of nitrogens with one attached hydrogen (secondary N) is 1. The molecule has 0 aromatic heterocycles. The summed E-state index contributed by atoms with van der Waals surface area (Å²) in [5, 5.41) is 2.87. The van der Waals surface area contributed by atoms with E-state index >= 15 is 0 Å². The van der Waals surface area contributed by atoms with Crippen molar-refractivity contribution >= 4 is 11.8 Å². The molecule has 0 saturated carbocycles. The average Bonchev–Trinajstić information content (AvgIpc) is 2.17. The van der Waals surface area contributed by atoms with Gasteiger partial charge in [-0.2, -0.15) is 0 Å². The van der Waals surface area contributed by atoms with Gasteiger partial charge in [0, 0.05) is 24.4 Å². The molecule has 70 valence electrons. The molecule has 0 radical (unpaired) electrons. The van der Waals surface area contributed by atoms with Gasteiger partial charge in [-0.15, -0.1) is 0 Å². The number of anilines is 1. The molecule has 0 atom stereocenters. The fraction of sp³-hybridized carbons (Fsp3) is 0.200. The third-order valence-corrected chi connectivity index (χ3v) is 1.81. The first kappa shape index (κ1) is 9.58. The van der Waals surface area contributed by atoms with Crippen LogP contribution < -0.4 is 10.1 Å². The Labute approximate surface area is 77.0 Å². The van der Waals surface area contributed by atoms with Crippen molar-refractivity contribution in [3.8, 4) is 5.75 Å². The van der Waals surface area contributed by atoms with Crippen molar-refractivity contribution in [2.24, 2.45) is 0 Å². The molecule has 0 aliphatic carbocycles. The fourth-order valence-corrected chi connectivity index (χ4v) is 1.11. The van der Waals surface area contributed by atoms with Crippen molar-refractivity contribution in [3.05, 3.63) is 30.1 Å². The minimum Gasteiger partial charge on any atom is -0.494 e. The third-order valence-electron chi connectivity index (χ3n) is 1.81. The zero-order valence-corrected chi connectivity index (χ0v) is 7.73. The van der Waals surface area contributed by atoms with Gasteiger partial charge in [0.05, 0.1) is 7.11 Å². The number of methoxy groups -OCH3 is 1. The van der Waals surface area contributed by atoms with Crippen LogP contribution in [0.2, 0.25) is 0 Å². The molecule has 1 N–H and O–H groups in total. The van der Waals surface area contributed by atoms with Gasteiger partial charge in [0.15, 0.2) is 11.6 Å². The number of benzene rings is 1. The lowest BCUT2D eigenvalue weighted by molar-refractivity contribution is 0.386. The van der Waals surface area contributed by atoms with Crippen molar-refractivity contribution < 1.29 is 9.13 Å². The van der Waals surface area contributed by atoms with Crippen LogP contribution in [-0.4, -0.2) is 14.2 Å².